The van der Waals surface area contributed by atoms with E-state index >= 15 is 0 Å². The Morgan fingerprint density at radius 2 is 1.36 bits per heavy atom. The van der Waals surface area contributed by atoms with Crippen molar-refractivity contribution >= 4 is 38.0 Å². The molecular formula is C15H25N7. The summed E-state index contributed by atoms with van der Waals surface area (Å²) in [5.41, 5.74) is 0. The van der Waals surface area contributed by atoms with Crippen molar-refractivity contribution < 1.29 is 0 Å². The van der Waals surface area contributed by atoms with Crippen molar-refractivity contribution in [2.75, 3.05) is 6.54 Å². The zero-order valence-corrected chi connectivity index (χ0v) is 13.3. The van der Waals surface area contributed by atoms with Crippen molar-refractivity contribution in [3.8, 4) is 0 Å². The molecule has 1 heterocycles. The Morgan fingerprint density at radius 3 is 1.73 bits per heavy atom. The second-order valence-electron chi connectivity index (χ2n) is 5.00. The lowest BCUT2D eigenvalue weighted by Gasteiger charge is -2.22. The van der Waals surface area contributed by atoms with Crippen LogP contribution in [0.5, 0.6) is 0 Å². The molecule has 0 atom stereocenters. The van der Waals surface area contributed by atoms with Gasteiger partial charge in [0.05, 0.1) is 0 Å². The molecular weight excluding hydrogens is 278 g/mol. The number of hydrogen-bond donors (Lipinski definition) is 1. The van der Waals surface area contributed by atoms with Gasteiger partial charge in [-0.25, -0.2) is 15.0 Å². The molecule has 0 unspecified atom stereocenters. The summed E-state index contributed by atoms with van der Waals surface area (Å²) in [6.07, 6.45) is 8.46. The molecule has 7 nitrogen and oxygen atoms in total. The van der Waals surface area contributed by atoms with Crippen LogP contribution in [0.2, 0.25) is 0 Å². The summed E-state index contributed by atoms with van der Waals surface area (Å²) in [7, 11) is 0. The number of aliphatic imine (C=N–C) groups is 3. The molecule has 7 heteroatoms. The zero-order chi connectivity index (χ0) is 16.2. The number of nitrogens with zero attached hydrogens (tertiary/aromatic N) is 6. The molecule has 0 bridgehead atoms. The highest BCUT2D eigenvalue weighted by Crippen LogP contribution is 2.17. The molecule has 0 saturated heterocycles. The van der Waals surface area contributed by atoms with Crippen molar-refractivity contribution in [1.82, 2.24) is 20.3 Å². The lowest BCUT2D eigenvalue weighted by molar-refractivity contribution is 0.374. The maximum Gasteiger partial charge on any atom is 0.255 e. The van der Waals surface area contributed by atoms with E-state index in [4.69, 9.17) is 0 Å². The first-order valence-electron chi connectivity index (χ1n) is 7.63. The van der Waals surface area contributed by atoms with Gasteiger partial charge < -0.3 is 5.32 Å². The van der Waals surface area contributed by atoms with E-state index in [-0.39, 0.29) is 17.8 Å². The molecule has 1 aliphatic rings. The number of aromatic nitrogens is 3. The van der Waals surface area contributed by atoms with E-state index < -0.39 is 0 Å². The summed E-state index contributed by atoms with van der Waals surface area (Å²) < 4.78 is 0. The van der Waals surface area contributed by atoms with Crippen LogP contribution in [0.4, 0.5) is 17.8 Å². The first-order valence-corrected chi connectivity index (χ1v) is 7.63. The van der Waals surface area contributed by atoms with Crippen LogP contribution in [0.1, 0.15) is 45.4 Å². The predicted molar refractivity (Wildman–Crippen MR) is 92.6 cm³/mol. The highest BCUT2D eigenvalue weighted by Gasteiger charge is 2.10. The van der Waals surface area contributed by atoms with Crippen molar-refractivity contribution in [3.05, 3.63) is 0 Å². The van der Waals surface area contributed by atoms with E-state index in [9.17, 15) is 0 Å². The standard InChI is InChI=1S/C9H19N.C6H6N6/c1-2-8-10-9-6-4-3-5-7-9;1-7-4-10-5(8-2)12-6(9-3)11-4/h9-10H,2-8H2,1H3;1-3H2. The third-order valence-electron chi connectivity index (χ3n) is 3.31. The van der Waals surface area contributed by atoms with Crippen LogP contribution in [0.25, 0.3) is 0 Å². The van der Waals surface area contributed by atoms with E-state index in [2.05, 4.69) is 62.3 Å². The Labute approximate surface area is 132 Å². The Balaban J connectivity index is 0.000000224. The Kier molecular flexibility index (Phi) is 8.74. The maximum absolute atomic E-state index is 3.75. The molecule has 1 aromatic heterocycles. The molecule has 1 fully saturated rings. The minimum absolute atomic E-state index is 0.162. The highest BCUT2D eigenvalue weighted by atomic mass is 15.2. The van der Waals surface area contributed by atoms with Gasteiger partial charge in [0, 0.05) is 6.04 Å². The monoisotopic (exact) mass is 303 g/mol. The minimum Gasteiger partial charge on any atom is -0.314 e. The Morgan fingerprint density at radius 1 is 0.909 bits per heavy atom. The van der Waals surface area contributed by atoms with Gasteiger partial charge in [-0.2, -0.15) is 15.0 Å². The van der Waals surface area contributed by atoms with Crippen LogP contribution in [-0.2, 0) is 0 Å². The van der Waals surface area contributed by atoms with E-state index in [0.29, 0.717) is 0 Å². The molecule has 1 N–H and O–H groups in total. The molecule has 0 aliphatic heterocycles. The van der Waals surface area contributed by atoms with E-state index in [1.165, 1.54) is 45.1 Å². The second kappa shape index (κ2) is 10.7. The second-order valence-corrected chi connectivity index (χ2v) is 5.00. The third kappa shape index (κ3) is 6.62. The Bertz CT molecular complexity index is 416. The van der Waals surface area contributed by atoms with E-state index in [1.54, 1.807) is 0 Å². The van der Waals surface area contributed by atoms with Crippen LogP contribution in [0.15, 0.2) is 15.0 Å². The Hall–Kier alpha value is -2.02. The molecule has 1 saturated carbocycles. The van der Waals surface area contributed by atoms with Crippen molar-refractivity contribution in [3.63, 3.8) is 0 Å². The van der Waals surface area contributed by atoms with E-state index in [0.717, 1.165) is 6.04 Å². The molecule has 1 aliphatic carbocycles. The molecule has 22 heavy (non-hydrogen) atoms. The summed E-state index contributed by atoms with van der Waals surface area (Å²) in [5, 5.41) is 3.57. The normalized spacial score (nSPS) is 14.6. The number of hydrogen-bond acceptors (Lipinski definition) is 7. The van der Waals surface area contributed by atoms with Gasteiger partial charge in [0.2, 0.25) is 0 Å². The van der Waals surface area contributed by atoms with Crippen LogP contribution in [0.3, 0.4) is 0 Å². The number of rotatable bonds is 6. The predicted octanol–water partition coefficient (Wildman–Crippen LogP) is 3.19. The highest BCUT2D eigenvalue weighted by molar-refractivity contribution is 5.44. The summed E-state index contributed by atoms with van der Waals surface area (Å²) >= 11 is 0. The topological polar surface area (TPSA) is 87.8 Å². The van der Waals surface area contributed by atoms with Gasteiger partial charge in [-0.05, 0) is 46.0 Å². The van der Waals surface area contributed by atoms with Crippen molar-refractivity contribution in [2.45, 2.75) is 51.5 Å². The summed E-state index contributed by atoms with van der Waals surface area (Å²) in [5.74, 6) is 0.486. The molecule has 0 amide bonds. The molecule has 2 rings (SSSR count). The van der Waals surface area contributed by atoms with Crippen molar-refractivity contribution in [1.29, 1.82) is 0 Å². The molecule has 0 spiro atoms. The molecule has 0 radical (unpaired) electrons. The molecule has 120 valence electrons. The summed E-state index contributed by atoms with van der Waals surface area (Å²) in [4.78, 5) is 21.8. The van der Waals surface area contributed by atoms with Gasteiger partial charge in [0.1, 0.15) is 0 Å². The first-order chi connectivity index (χ1) is 10.7. The number of nitrogens with one attached hydrogen (secondary N) is 1. The third-order valence-corrected chi connectivity index (χ3v) is 3.31. The largest absolute Gasteiger partial charge is 0.314 e. The fourth-order valence-electron chi connectivity index (χ4n) is 2.21. The van der Waals surface area contributed by atoms with Gasteiger partial charge in [0.25, 0.3) is 17.8 Å². The zero-order valence-electron chi connectivity index (χ0n) is 13.3. The van der Waals surface area contributed by atoms with Gasteiger partial charge in [0.15, 0.2) is 0 Å². The fourth-order valence-corrected chi connectivity index (χ4v) is 2.21. The van der Waals surface area contributed by atoms with Crippen LogP contribution in [0, 0.1) is 0 Å². The van der Waals surface area contributed by atoms with Gasteiger partial charge >= 0.3 is 0 Å². The maximum atomic E-state index is 3.75. The van der Waals surface area contributed by atoms with Crippen LogP contribution < -0.4 is 5.32 Å². The first kappa shape index (κ1) is 18.0. The van der Waals surface area contributed by atoms with Gasteiger partial charge in [-0.1, -0.05) is 26.2 Å². The van der Waals surface area contributed by atoms with Crippen LogP contribution >= 0.6 is 0 Å². The van der Waals surface area contributed by atoms with Gasteiger partial charge in [-0.3, -0.25) is 0 Å². The van der Waals surface area contributed by atoms with Crippen LogP contribution in [-0.4, -0.2) is 47.7 Å². The average molecular weight is 303 g/mol. The minimum atomic E-state index is 0.162. The quantitative estimate of drug-likeness (QED) is 0.817. The lowest BCUT2D eigenvalue weighted by atomic mass is 9.95. The lowest BCUT2D eigenvalue weighted by Crippen LogP contribution is -2.31. The molecule has 1 aromatic rings. The summed E-state index contributed by atoms with van der Waals surface area (Å²) in [6.45, 7) is 13.2. The van der Waals surface area contributed by atoms with Crippen molar-refractivity contribution in [2.24, 2.45) is 15.0 Å². The molecule has 0 aromatic carbocycles. The fraction of sp³-hybridized carbons (Fsp3) is 0.600. The smallest absolute Gasteiger partial charge is 0.255 e. The average Bonchev–Trinajstić information content (AvgIpc) is 2.60. The SMILES string of the molecule is C=Nc1nc(N=C)nc(N=C)n1.CCCNC1CCCCC1. The summed E-state index contributed by atoms with van der Waals surface area (Å²) in [6, 6.07) is 0.855. The van der Waals surface area contributed by atoms with E-state index in [1.807, 2.05) is 0 Å². The van der Waals surface area contributed by atoms with Gasteiger partial charge in [-0.15, -0.1) is 0 Å².